The van der Waals surface area contributed by atoms with Gasteiger partial charge in [-0.3, -0.25) is 19.3 Å². The number of morpholine rings is 1. The van der Waals surface area contributed by atoms with Gasteiger partial charge in [-0.05, 0) is 42.5 Å². The molecule has 0 atom stereocenters. The van der Waals surface area contributed by atoms with Crippen molar-refractivity contribution >= 4 is 50.8 Å². The number of hydrogen-bond donors (Lipinski definition) is 0. The lowest BCUT2D eigenvalue weighted by Crippen LogP contribution is -2.46. The van der Waals surface area contributed by atoms with Crippen LogP contribution >= 0.6 is 27.7 Å². The van der Waals surface area contributed by atoms with Gasteiger partial charge in [0.15, 0.2) is 11.5 Å². The number of halogens is 1. The van der Waals surface area contributed by atoms with Gasteiger partial charge in [0.25, 0.3) is 11.1 Å². The first kappa shape index (κ1) is 21.7. The summed E-state index contributed by atoms with van der Waals surface area (Å²) >= 11 is 4.27. The van der Waals surface area contributed by atoms with E-state index in [-0.39, 0.29) is 17.4 Å². The molecule has 0 saturated carbocycles. The van der Waals surface area contributed by atoms with E-state index in [4.69, 9.17) is 14.2 Å². The summed E-state index contributed by atoms with van der Waals surface area (Å²) in [5.74, 6) is 0.341. The fourth-order valence-electron chi connectivity index (χ4n) is 2.91. The SMILES string of the molecule is CCOc1cc(Br)c(/C=C2\SC(=O)N(CC(=O)N3CCOCC3)C2=O)cc1OC. The number of hydrogen-bond acceptors (Lipinski definition) is 7. The smallest absolute Gasteiger partial charge is 0.294 e. The molecule has 2 saturated heterocycles. The Labute approximate surface area is 181 Å². The van der Waals surface area contributed by atoms with Crippen LogP contribution in [0.2, 0.25) is 0 Å². The lowest BCUT2D eigenvalue weighted by molar-refractivity contribution is -0.139. The van der Waals surface area contributed by atoms with E-state index in [1.54, 1.807) is 23.1 Å². The first-order chi connectivity index (χ1) is 13.9. The fraction of sp³-hybridized carbons (Fsp3) is 0.421. The topological polar surface area (TPSA) is 85.4 Å². The number of methoxy groups -OCH3 is 1. The van der Waals surface area contributed by atoms with E-state index in [0.29, 0.717) is 54.4 Å². The summed E-state index contributed by atoms with van der Waals surface area (Å²) in [5, 5.41) is -0.461. The third-order valence-electron chi connectivity index (χ3n) is 4.40. The van der Waals surface area contributed by atoms with Crippen molar-refractivity contribution in [2.24, 2.45) is 0 Å². The van der Waals surface area contributed by atoms with E-state index in [9.17, 15) is 14.4 Å². The van der Waals surface area contributed by atoms with Crippen LogP contribution in [0.15, 0.2) is 21.5 Å². The first-order valence-corrected chi connectivity index (χ1v) is 10.7. The maximum Gasteiger partial charge on any atom is 0.294 e. The van der Waals surface area contributed by atoms with E-state index < -0.39 is 11.1 Å². The van der Waals surface area contributed by atoms with Gasteiger partial charge in [-0.2, -0.15) is 0 Å². The Balaban J connectivity index is 1.78. The molecule has 0 bridgehead atoms. The highest BCUT2D eigenvalue weighted by Crippen LogP contribution is 2.38. The van der Waals surface area contributed by atoms with Crippen molar-refractivity contribution in [3.63, 3.8) is 0 Å². The Morgan fingerprint density at radius 2 is 2.00 bits per heavy atom. The van der Waals surface area contributed by atoms with E-state index >= 15 is 0 Å². The maximum absolute atomic E-state index is 12.7. The molecule has 0 N–H and O–H groups in total. The maximum atomic E-state index is 12.7. The van der Waals surface area contributed by atoms with Crippen LogP contribution in [0.25, 0.3) is 6.08 Å². The van der Waals surface area contributed by atoms with Crippen molar-refractivity contribution in [1.29, 1.82) is 0 Å². The molecule has 3 amide bonds. The molecule has 29 heavy (non-hydrogen) atoms. The molecular weight excluding hydrogens is 464 g/mol. The zero-order valence-corrected chi connectivity index (χ0v) is 18.5. The van der Waals surface area contributed by atoms with Crippen LogP contribution in [0.4, 0.5) is 4.79 Å². The average molecular weight is 485 g/mol. The van der Waals surface area contributed by atoms with Crippen molar-refractivity contribution in [2.45, 2.75) is 6.92 Å². The second kappa shape index (κ2) is 9.64. The third kappa shape index (κ3) is 4.93. The highest BCUT2D eigenvalue weighted by Gasteiger charge is 2.37. The van der Waals surface area contributed by atoms with Gasteiger partial charge in [0.05, 0.1) is 31.8 Å². The molecule has 2 heterocycles. The van der Waals surface area contributed by atoms with E-state index in [0.717, 1.165) is 16.7 Å². The molecule has 0 spiro atoms. The Morgan fingerprint density at radius 3 is 2.66 bits per heavy atom. The molecule has 3 rings (SSSR count). The second-order valence-electron chi connectivity index (χ2n) is 6.22. The van der Waals surface area contributed by atoms with Crippen molar-refractivity contribution < 1.29 is 28.6 Å². The van der Waals surface area contributed by atoms with Crippen molar-refractivity contribution in [1.82, 2.24) is 9.80 Å². The third-order valence-corrected chi connectivity index (χ3v) is 5.99. The number of amides is 3. The van der Waals surface area contributed by atoms with Gasteiger partial charge in [-0.15, -0.1) is 0 Å². The highest BCUT2D eigenvalue weighted by molar-refractivity contribution is 9.10. The number of nitrogens with zero attached hydrogens (tertiary/aromatic N) is 2. The van der Waals surface area contributed by atoms with E-state index in [1.165, 1.54) is 7.11 Å². The Hall–Kier alpha value is -2.04. The molecule has 0 unspecified atom stereocenters. The lowest BCUT2D eigenvalue weighted by Gasteiger charge is -2.28. The molecule has 1 aromatic rings. The van der Waals surface area contributed by atoms with Crippen LogP contribution in [-0.4, -0.2) is 73.4 Å². The summed E-state index contributed by atoms with van der Waals surface area (Å²) in [6, 6.07) is 3.47. The molecule has 0 aliphatic carbocycles. The number of thioether (sulfide) groups is 1. The first-order valence-electron chi connectivity index (χ1n) is 9.05. The van der Waals surface area contributed by atoms with Crippen LogP contribution in [0.3, 0.4) is 0 Å². The second-order valence-corrected chi connectivity index (χ2v) is 8.07. The van der Waals surface area contributed by atoms with Gasteiger partial charge in [0.2, 0.25) is 5.91 Å². The van der Waals surface area contributed by atoms with Crippen LogP contribution in [0.5, 0.6) is 11.5 Å². The zero-order chi connectivity index (χ0) is 21.0. The average Bonchev–Trinajstić information content (AvgIpc) is 2.98. The standard InChI is InChI=1S/C19H21BrN2O6S/c1-3-28-15-10-13(20)12(8-14(15)26-2)9-16-18(24)22(19(25)29-16)11-17(23)21-4-6-27-7-5-21/h8-10H,3-7,11H2,1-2H3/b16-9-. The number of rotatable bonds is 6. The van der Waals surface area contributed by atoms with Gasteiger partial charge in [-0.25, -0.2) is 0 Å². The Kier molecular flexibility index (Phi) is 7.20. The van der Waals surface area contributed by atoms with Gasteiger partial charge in [-0.1, -0.05) is 15.9 Å². The number of carbonyl (C=O) groups excluding carboxylic acids is 3. The summed E-state index contributed by atoms with van der Waals surface area (Å²) in [6.45, 7) is 3.93. The van der Waals surface area contributed by atoms with Crippen LogP contribution in [0, 0.1) is 0 Å². The molecule has 2 aliphatic rings. The van der Waals surface area contributed by atoms with Crippen LogP contribution in [-0.2, 0) is 14.3 Å². The summed E-state index contributed by atoms with van der Waals surface area (Å²) in [7, 11) is 1.53. The van der Waals surface area contributed by atoms with Crippen LogP contribution in [0.1, 0.15) is 12.5 Å². The van der Waals surface area contributed by atoms with Crippen molar-refractivity contribution in [3.05, 3.63) is 27.1 Å². The molecule has 1 aromatic carbocycles. The van der Waals surface area contributed by atoms with Gasteiger partial charge >= 0.3 is 0 Å². The van der Waals surface area contributed by atoms with Gasteiger partial charge in [0.1, 0.15) is 6.54 Å². The number of ether oxygens (including phenoxy) is 3. The molecule has 8 nitrogen and oxygen atoms in total. The van der Waals surface area contributed by atoms with Crippen LogP contribution < -0.4 is 9.47 Å². The molecule has 0 radical (unpaired) electrons. The summed E-state index contributed by atoms with van der Waals surface area (Å²) in [5.41, 5.74) is 0.662. The van der Waals surface area contributed by atoms with E-state index in [2.05, 4.69) is 15.9 Å². The summed E-state index contributed by atoms with van der Waals surface area (Å²) in [6.07, 6.45) is 1.60. The van der Waals surface area contributed by atoms with Crippen molar-refractivity contribution in [2.75, 3.05) is 46.6 Å². The normalized spacial score (nSPS) is 18.5. The number of benzene rings is 1. The number of carbonyl (C=O) groups is 3. The highest BCUT2D eigenvalue weighted by atomic mass is 79.9. The Bertz CT molecular complexity index is 853. The largest absolute Gasteiger partial charge is 0.493 e. The van der Waals surface area contributed by atoms with Gasteiger partial charge in [0, 0.05) is 17.6 Å². The molecule has 2 fully saturated rings. The molecule has 2 aliphatic heterocycles. The van der Waals surface area contributed by atoms with E-state index in [1.807, 2.05) is 6.92 Å². The quantitative estimate of drug-likeness (QED) is 0.573. The minimum atomic E-state index is -0.485. The zero-order valence-electron chi connectivity index (χ0n) is 16.1. The molecule has 0 aromatic heterocycles. The predicted molar refractivity (Wildman–Crippen MR) is 112 cm³/mol. The summed E-state index contributed by atoms with van der Waals surface area (Å²) in [4.78, 5) is 40.3. The monoisotopic (exact) mass is 484 g/mol. The minimum Gasteiger partial charge on any atom is -0.493 e. The molecule has 10 heteroatoms. The summed E-state index contributed by atoms with van der Waals surface area (Å²) < 4.78 is 16.8. The molecule has 156 valence electrons. The lowest BCUT2D eigenvalue weighted by atomic mass is 10.2. The van der Waals surface area contributed by atoms with Crippen molar-refractivity contribution in [3.8, 4) is 11.5 Å². The Morgan fingerprint density at radius 1 is 1.28 bits per heavy atom. The fourth-order valence-corrected chi connectivity index (χ4v) is 4.18. The minimum absolute atomic E-state index is 0.247. The number of imide groups is 1. The van der Waals surface area contributed by atoms with Gasteiger partial charge < -0.3 is 19.1 Å². The molecular formula is C19H21BrN2O6S. The predicted octanol–water partition coefficient (Wildman–Crippen LogP) is 2.75.